The van der Waals surface area contributed by atoms with Gasteiger partial charge in [0.15, 0.2) is 5.65 Å². The van der Waals surface area contributed by atoms with E-state index in [0.717, 1.165) is 36.5 Å². The molecule has 3 rings (SSSR count). The van der Waals surface area contributed by atoms with Crippen molar-refractivity contribution in [3.8, 4) is 0 Å². The minimum atomic E-state index is 0.132. The van der Waals surface area contributed by atoms with Gasteiger partial charge in [-0.25, -0.2) is 9.97 Å². The van der Waals surface area contributed by atoms with Crippen molar-refractivity contribution >= 4 is 11.2 Å². The number of aromatic amines is 1. The number of H-pyrrole nitrogens is 1. The lowest BCUT2D eigenvalue weighted by Crippen LogP contribution is -2.26. The second kappa shape index (κ2) is 3.28. The first-order valence-electron chi connectivity index (χ1n) is 5.72. The van der Waals surface area contributed by atoms with E-state index in [1.54, 1.807) is 0 Å². The van der Waals surface area contributed by atoms with Crippen LogP contribution in [0, 0.1) is 6.92 Å². The third kappa shape index (κ3) is 1.33. The third-order valence-corrected chi connectivity index (χ3v) is 3.54. The molecule has 2 N–H and O–H groups in total. The van der Waals surface area contributed by atoms with Crippen LogP contribution in [0.15, 0.2) is 12.3 Å². The van der Waals surface area contributed by atoms with E-state index in [4.69, 9.17) is 0 Å². The summed E-state index contributed by atoms with van der Waals surface area (Å²) in [6.45, 7) is 6.40. The lowest BCUT2D eigenvalue weighted by Gasteiger charge is -2.18. The van der Waals surface area contributed by atoms with Crippen molar-refractivity contribution in [1.29, 1.82) is 0 Å². The average molecular weight is 216 g/mol. The van der Waals surface area contributed by atoms with Gasteiger partial charge >= 0.3 is 0 Å². The Labute approximate surface area is 94.5 Å². The molecular formula is C12H16N4. The summed E-state index contributed by atoms with van der Waals surface area (Å²) in [6.07, 6.45) is 2.95. The number of nitrogens with one attached hydrogen (secondary N) is 2. The van der Waals surface area contributed by atoms with Crippen LogP contribution in [0.2, 0.25) is 0 Å². The topological polar surface area (TPSA) is 53.6 Å². The summed E-state index contributed by atoms with van der Waals surface area (Å²) >= 11 is 0. The Bertz CT molecular complexity index is 523. The van der Waals surface area contributed by atoms with Crippen LogP contribution in [0.3, 0.4) is 0 Å². The number of hydrogen-bond acceptors (Lipinski definition) is 3. The smallest absolute Gasteiger partial charge is 0.177 e. The second-order valence-corrected chi connectivity index (χ2v) is 4.90. The molecule has 0 aliphatic carbocycles. The fourth-order valence-corrected chi connectivity index (χ4v) is 2.34. The molecule has 0 aromatic carbocycles. The van der Waals surface area contributed by atoms with Gasteiger partial charge in [-0.05, 0) is 31.5 Å². The van der Waals surface area contributed by atoms with Gasteiger partial charge in [0.25, 0.3) is 0 Å². The first-order valence-corrected chi connectivity index (χ1v) is 5.72. The van der Waals surface area contributed by atoms with Crippen molar-refractivity contribution in [1.82, 2.24) is 20.3 Å². The number of aryl methyl sites for hydroxylation is 1. The number of hydrogen-bond donors (Lipinski definition) is 2. The number of rotatable bonds is 1. The molecule has 1 fully saturated rings. The maximum Gasteiger partial charge on any atom is 0.177 e. The lowest BCUT2D eigenvalue weighted by molar-refractivity contribution is 0.496. The van der Waals surface area contributed by atoms with Crippen molar-refractivity contribution in [2.24, 2.45) is 0 Å². The molecule has 0 radical (unpaired) electrons. The van der Waals surface area contributed by atoms with Crippen molar-refractivity contribution < 1.29 is 0 Å². The van der Waals surface area contributed by atoms with Gasteiger partial charge in [0.05, 0.1) is 5.52 Å². The predicted octanol–water partition coefficient (Wildman–Crippen LogP) is 1.52. The van der Waals surface area contributed by atoms with Crippen LogP contribution in [-0.2, 0) is 5.41 Å². The zero-order valence-corrected chi connectivity index (χ0v) is 9.67. The van der Waals surface area contributed by atoms with Gasteiger partial charge in [-0.15, -0.1) is 0 Å². The van der Waals surface area contributed by atoms with Gasteiger partial charge in [0, 0.05) is 18.2 Å². The van der Waals surface area contributed by atoms with Crippen LogP contribution >= 0.6 is 0 Å². The Morgan fingerprint density at radius 1 is 1.44 bits per heavy atom. The fraction of sp³-hybridized carbons (Fsp3) is 0.500. The van der Waals surface area contributed by atoms with Crippen LogP contribution in [0.4, 0.5) is 0 Å². The van der Waals surface area contributed by atoms with E-state index in [9.17, 15) is 0 Å². The van der Waals surface area contributed by atoms with Crippen LogP contribution in [0.25, 0.3) is 11.2 Å². The maximum atomic E-state index is 4.62. The van der Waals surface area contributed by atoms with E-state index in [1.165, 1.54) is 5.56 Å². The van der Waals surface area contributed by atoms with E-state index >= 15 is 0 Å². The summed E-state index contributed by atoms with van der Waals surface area (Å²) in [5.41, 5.74) is 3.25. The van der Waals surface area contributed by atoms with Crippen molar-refractivity contribution in [3.05, 3.63) is 23.7 Å². The average Bonchev–Trinajstić information content (AvgIpc) is 2.85. The molecule has 0 amide bonds. The van der Waals surface area contributed by atoms with E-state index in [1.807, 2.05) is 12.3 Å². The minimum absolute atomic E-state index is 0.132. The number of aromatic nitrogens is 3. The molecule has 1 aliphatic heterocycles. The Hall–Kier alpha value is -1.42. The van der Waals surface area contributed by atoms with Gasteiger partial charge in [-0.1, -0.05) is 6.92 Å². The molecule has 0 bridgehead atoms. The zero-order chi connectivity index (χ0) is 11.2. The molecule has 3 heterocycles. The van der Waals surface area contributed by atoms with E-state index in [-0.39, 0.29) is 5.41 Å². The molecule has 1 unspecified atom stereocenters. The van der Waals surface area contributed by atoms with Crippen LogP contribution in [-0.4, -0.2) is 28.0 Å². The molecule has 16 heavy (non-hydrogen) atoms. The highest BCUT2D eigenvalue weighted by molar-refractivity contribution is 5.74. The molecule has 2 aromatic heterocycles. The SMILES string of the molecule is Cc1ccnc2nc(C3(C)CCNC3)[nH]c12. The largest absolute Gasteiger partial charge is 0.340 e. The second-order valence-electron chi connectivity index (χ2n) is 4.90. The van der Waals surface area contributed by atoms with Crippen LogP contribution in [0.1, 0.15) is 24.7 Å². The quantitative estimate of drug-likeness (QED) is 0.760. The summed E-state index contributed by atoms with van der Waals surface area (Å²) in [5.74, 6) is 1.06. The fourth-order valence-electron chi connectivity index (χ4n) is 2.34. The van der Waals surface area contributed by atoms with Crippen molar-refractivity contribution in [2.45, 2.75) is 25.7 Å². The van der Waals surface area contributed by atoms with Crippen molar-refractivity contribution in [3.63, 3.8) is 0 Å². The highest BCUT2D eigenvalue weighted by Crippen LogP contribution is 2.29. The molecule has 2 aromatic rings. The Kier molecular flexibility index (Phi) is 2.01. The summed E-state index contributed by atoms with van der Waals surface area (Å²) < 4.78 is 0. The molecule has 0 saturated carbocycles. The van der Waals surface area contributed by atoms with Gasteiger partial charge < -0.3 is 10.3 Å². The van der Waals surface area contributed by atoms with E-state index in [0.29, 0.717) is 0 Å². The highest BCUT2D eigenvalue weighted by atomic mass is 15.0. The Balaban J connectivity index is 2.15. The highest BCUT2D eigenvalue weighted by Gasteiger charge is 2.33. The Morgan fingerprint density at radius 3 is 3.00 bits per heavy atom. The molecule has 4 nitrogen and oxygen atoms in total. The van der Waals surface area contributed by atoms with Crippen molar-refractivity contribution in [2.75, 3.05) is 13.1 Å². The first-order chi connectivity index (χ1) is 7.69. The van der Waals surface area contributed by atoms with E-state index in [2.05, 4.69) is 34.1 Å². The molecule has 4 heteroatoms. The Morgan fingerprint density at radius 2 is 2.31 bits per heavy atom. The van der Waals surface area contributed by atoms with Crippen LogP contribution in [0.5, 0.6) is 0 Å². The number of pyridine rings is 1. The maximum absolute atomic E-state index is 4.62. The first kappa shape index (κ1) is 9.78. The van der Waals surface area contributed by atoms with Gasteiger partial charge in [0.1, 0.15) is 5.82 Å². The summed E-state index contributed by atoms with van der Waals surface area (Å²) in [7, 11) is 0. The van der Waals surface area contributed by atoms with Crippen LogP contribution < -0.4 is 5.32 Å². The lowest BCUT2D eigenvalue weighted by atomic mass is 9.89. The zero-order valence-electron chi connectivity index (χ0n) is 9.67. The number of imidazole rings is 1. The predicted molar refractivity (Wildman–Crippen MR) is 63.5 cm³/mol. The number of fused-ring (bicyclic) bond motifs is 1. The summed E-state index contributed by atoms with van der Waals surface area (Å²) in [5, 5.41) is 3.39. The molecular weight excluding hydrogens is 200 g/mol. The third-order valence-electron chi connectivity index (χ3n) is 3.54. The molecule has 1 atom stereocenters. The molecule has 1 saturated heterocycles. The molecule has 84 valence electrons. The van der Waals surface area contributed by atoms with Gasteiger partial charge in [-0.2, -0.15) is 0 Å². The number of nitrogens with zero attached hydrogens (tertiary/aromatic N) is 2. The summed E-state index contributed by atoms with van der Waals surface area (Å²) in [6, 6.07) is 2.01. The normalized spacial score (nSPS) is 25.4. The molecule has 1 aliphatic rings. The monoisotopic (exact) mass is 216 g/mol. The summed E-state index contributed by atoms with van der Waals surface area (Å²) in [4.78, 5) is 12.4. The van der Waals surface area contributed by atoms with Gasteiger partial charge in [0.2, 0.25) is 0 Å². The molecule has 0 spiro atoms. The minimum Gasteiger partial charge on any atom is -0.340 e. The van der Waals surface area contributed by atoms with E-state index < -0.39 is 0 Å². The standard InChI is InChI=1S/C12H16N4/c1-8-3-5-14-10-9(8)15-11(16-10)12(2)4-6-13-7-12/h3,5,13H,4,6-7H2,1-2H3,(H,14,15,16). The van der Waals surface area contributed by atoms with Gasteiger partial charge in [-0.3, -0.25) is 0 Å².